The highest BCUT2D eigenvalue weighted by Gasteiger charge is 2.39. The van der Waals surface area contributed by atoms with E-state index in [1.807, 2.05) is 0 Å². The molecule has 0 nitrogen and oxygen atoms in total. The van der Waals surface area contributed by atoms with Crippen molar-refractivity contribution in [1.82, 2.24) is 0 Å². The summed E-state index contributed by atoms with van der Waals surface area (Å²) in [4.78, 5) is 0. The summed E-state index contributed by atoms with van der Waals surface area (Å²) in [5, 5.41) is 0. The van der Waals surface area contributed by atoms with Crippen molar-refractivity contribution in [2.75, 3.05) is 0 Å². The minimum absolute atomic E-state index is 0.851. The first-order valence-corrected chi connectivity index (χ1v) is 3.97. The molecule has 2 unspecified atom stereocenters. The van der Waals surface area contributed by atoms with Crippen molar-refractivity contribution in [2.45, 2.75) is 26.2 Å². The molecule has 2 saturated carbocycles. The van der Waals surface area contributed by atoms with Crippen molar-refractivity contribution < 1.29 is 0 Å². The van der Waals surface area contributed by atoms with Crippen LogP contribution in [0.25, 0.3) is 0 Å². The molecule has 0 radical (unpaired) electrons. The third kappa shape index (κ3) is 0.593. The van der Waals surface area contributed by atoms with Crippen LogP contribution in [-0.2, 0) is 0 Å². The summed E-state index contributed by atoms with van der Waals surface area (Å²) < 4.78 is 0. The molecule has 0 aliphatic heterocycles. The molecular weight excluding hydrogens is 108 g/mol. The van der Waals surface area contributed by atoms with Crippen LogP contribution in [0.15, 0.2) is 12.2 Å². The second-order valence-corrected chi connectivity index (χ2v) is 3.63. The van der Waals surface area contributed by atoms with Crippen molar-refractivity contribution in [1.29, 1.82) is 0 Å². The summed E-state index contributed by atoms with van der Waals surface area (Å²) in [6, 6.07) is 0. The zero-order valence-corrected chi connectivity index (χ0v) is 6.06. The fraction of sp³-hybridized carbons (Fsp3) is 0.778. The van der Waals surface area contributed by atoms with Crippen molar-refractivity contribution in [3.05, 3.63) is 12.2 Å². The highest BCUT2D eigenvalue weighted by molar-refractivity contribution is 5.16. The summed E-state index contributed by atoms with van der Waals surface area (Å²) in [5.74, 6) is 2.79. The van der Waals surface area contributed by atoms with E-state index in [-0.39, 0.29) is 0 Å². The van der Waals surface area contributed by atoms with E-state index in [9.17, 15) is 0 Å². The number of allylic oxidation sites excluding steroid dienone is 1. The van der Waals surface area contributed by atoms with Gasteiger partial charge in [0.2, 0.25) is 0 Å². The lowest BCUT2D eigenvalue weighted by Crippen LogP contribution is -2.08. The molecule has 0 aromatic rings. The largest absolute Gasteiger partial charge is 0.0993 e. The molecule has 2 rings (SSSR count). The van der Waals surface area contributed by atoms with Gasteiger partial charge in [-0.3, -0.25) is 0 Å². The maximum atomic E-state index is 4.12. The maximum Gasteiger partial charge on any atom is -0.0200 e. The Morgan fingerprint density at radius 2 is 2.22 bits per heavy atom. The summed E-state index contributed by atoms with van der Waals surface area (Å²) in [5.41, 5.74) is 1.55. The molecule has 0 N–H and O–H groups in total. The van der Waals surface area contributed by atoms with Crippen LogP contribution in [-0.4, -0.2) is 0 Å². The molecule has 3 atom stereocenters. The van der Waals surface area contributed by atoms with Gasteiger partial charge >= 0.3 is 0 Å². The molecule has 0 aromatic carbocycles. The number of fused-ring (bicyclic) bond motifs is 2. The smallest absolute Gasteiger partial charge is 0.0200 e. The van der Waals surface area contributed by atoms with E-state index < -0.39 is 0 Å². The Bertz CT molecular complexity index is 142. The predicted octanol–water partition coefficient (Wildman–Crippen LogP) is 2.61. The van der Waals surface area contributed by atoms with Gasteiger partial charge in [-0.15, -0.1) is 0 Å². The second-order valence-electron chi connectivity index (χ2n) is 3.63. The third-order valence-corrected chi connectivity index (χ3v) is 3.29. The van der Waals surface area contributed by atoms with Crippen LogP contribution >= 0.6 is 0 Å². The second kappa shape index (κ2) is 1.62. The average Bonchev–Trinajstić information content (AvgIpc) is 2.37. The van der Waals surface area contributed by atoms with E-state index in [1.165, 1.54) is 19.3 Å². The molecule has 0 heterocycles. The van der Waals surface area contributed by atoms with Crippen LogP contribution in [0.3, 0.4) is 0 Å². The van der Waals surface area contributed by atoms with Gasteiger partial charge in [0.05, 0.1) is 0 Å². The lowest BCUT2D eigenvalue weighted by molar-refractivity contribution is 0.436. The molecule has 0 amide bonds. The Morgan fingerprint density at radius 1 is 1.44 bits per heavy atom. The van der Waals surface area contributed by atoms with E-state index in [4.69, 9.17) is 0 Å². The molecule has 0 saturated heterocycles. The predicted molar refractivity (Wildman–Crippen MR) is 39.1 cm³/mol. The first-order chi connectivity index (χ1) is 4.29. The zero-order valence-electron chi connectivity index (χ0n) is 6.06. The van der Waals surface area contributed by atoms with Gasteiger partial charge in [0.15, 0.2) is 0 Å². The van der Waals surface area contributed by atoms with E-state index in [1.54, 1.807) is 5.57 Å². The highest BCUT2D eigenvalue weighted by Crippen LogP contribution is 2.50. The van der Waals surface area contributed by atoms with Gasteiger partial charge in [0, 0.05) is 0 Å². The summed E-state index contributed by atoms with van der Waals surface area (Å²) in [6.07, 6.45) is 4.37. The Balaban J connectivity index is 2.25. The van der Waals surface area contributed by atoms with Gasteiger partial charge in [-0.2, -0.15) is 0 Å². The zero-order chi connectivity index (χ0) is 6.43. The molecular formula is C9H14. The molecule has 9 heavy (non-hydrogen) atoms. The van der Waals surface area contributed by atoms with Crippen LogP contribution < -0.4 is 0 Å². The molecule has 2 aliphatic carbocycles. The molecule has 50 valence electrons. The number of rotatable bonds is 0. The SMILES string of the molecule is C=C1C2CCC(C2)[C@@H]1C. The lowest BCUT2D eigenvalue weighted by atomic mass is 9.87. The van der Waals surface area contributed by atoms with Gasteiger partial charge in [0.25, 0.3) is 0 Å². The van der Waals surface area contributed by atoms with Crippen molar-refractivity contribution in [3.8, 4) is 0 Å². The minimum Gasteiger partial charge on any atom is -0.0993 e. The van der Waals surface area contributed by atoms with E-state index in [0.717, 1.165) is 17.8 Å². The quantitative estimate of drug-likeness (QED) is 0.433. The fourth-order valence-corrected chi connectivity index (χ4v) is 2.48. The maximum absolute atomic E-state index is 4.12. The van der Waals surface area contributed by atoms with Gasteiger partial charge < -0.3 is 0 Å². The van der Waals surface area contributed by atoms with Gasteiger partial charge in [0.1, 0.15) is 0 Å². The molecule has 0 heteroatoms. The van der Waals surface area contributed by atoms with Crippen LogP contribution in [0.2, 0.25) is 0 Å². The van der Waals surface area contributed by atoms with Crippen LogP contribution in [0.1, 0.15) is 26.2 Å². The first kappa shape index (κ1) is 5.52. The standard InChI is InChI=1S/C9H14/c1-6-7(2)9-4-3-8(6)5-9/h7-9H,1,3-5H2,2H3/t7-,8?,9?/m1/s1. The van der Waals surface area contributed by atoms with E-state index >= 15 is 0 Å². The lowest BCUT2D eigenvalue weighted by Gasteiger charge is -2.19. The van der Waals surface area contributed by atoms with Crippen LogP contribution in [0.5, 0.6) is 0 Å². The molecule has 0 spiro atoms. The van der Waals surface area contributed by atoms with Crippen LogP contribution in [0.4, 0.5) is 0 Å². The molecule has 2 aliphatic rings. The third-order valence-electron chi connectivity index (χ3n) is 3.29. The Morgan fingerprint density at radius 3 is 2.56 bits per heavy atom. The van der Waals surface area contributed by atoms with Crippen molar-refractivity contribution in [3.63, 3.8) is 0 Å². The number of hydrogen-bond acceptors (Lipinski definition) is 0. The Hall–Kier alpha value is -0.260. The molecule has 2 fully saturated rings. The van der Waals surface area contributed by atoms with Gasteiger partial charge in [-0.1, -0.05) is 19.1 Å². The minimum atomic E-state index is 0.851. The van der Waals surface area contributed by atoms with Crippen LogP contribution in [0, 0.1) is 17.8 Å². The fourth-order valence-electron chi connectivity index (χ4n) is 2.48. The Kier molecular flexibility index (Phi) is 0.992. The van der Waals surface area contributed by atoms with E-state index in [0.29, 0.717) is 0 Å². The summed E-state index contributed by atoms with van der Waals surface area (Å²) >= 11 is 0. The highest BCUT2D eigenvalue weighted by atomic mass is 14.4. The molecule has 0 aromatic heterocycles. The van der Waals surface area contributed by atoms with E-state index in [2.05, 4.69) is 13.5 Å². The summed E-state index contributed by atoms with van der Waals surface area (Å²) in [6.45, 7) is 6.46. The topological polar surface area (TPSA) is 0 Å². The van der Waals surface area contributed by atoms with Gasteiger partial charge in [-0.25, -0.2) is 0 Å². The summed E-state index contributed by atoms with van der Waals surface area (Å²) in [7, 11) is 0. The average molecular weight is 122 g/mol. The van der Waals surface area contributed by atoms with Crippen molar-refractivity contribution in [2.24, 2.45) is 17.8 Å². The number of hydrogen-bond donors (Lipinski definition) is 0. The van der Waals surface area contributed by atoms with Crippen molar-refractivity contribution >= 4 is 0 Å². The Labute approximate surface area is 57.0 Å². The molecule has 2 bridgehead atoms. The normalized spacial score (nSPS) is 48.6. The monoisotopic (exact) mass is 122 g/mol. The van der Waals surface area contributed by atoms with Gasteiger partial charge in [-0.05, 0) is 37.0 Å². The first-order valence-electron chi connectivity index (χ1n) is 3.97.